The van der Waals surface area contributed by atoms with Gasteiger partial charge in [-0.15, -0.1) is 0 Å². The molecule has 1 fully saturated rings. The largest absolute Gasteiger partial charge is 0.497 e. The zero-order valence-corrected chi connectivity index (χ0v) is 16.4. The van der Waals surface area contributed by atoms with Crippen molar-refractivity contribution in [1.29, 1.82) is 0 Å². The number of nitrogens with one attached hydrogen (secondary N) is 1. The number of piperidine rings is 1. The van der Waals surface area contributed by atoms with Crippen molar-refractivity contribution in [1.82, 2.24) is 9.88 Å². The van der Waals surface area contributed by atoms with Gasteiger partial charge >= 0.3 is 6.03 Å². The van der Waals surface area contributed by atoms with Crippen LogP contribution >= 0.6 is 0 Å². The van der Waals surface area contributed by atoms with E-state index < -0.39 is 0 Å². The summed E-state index contributed by atoms with van der Waals surface area (Å²) in [5.74, 6) is 1.79. The summed E-state index contributed by atoms with van der Waals surface area (Å²) in [4.78, 5) is 18.6. The molecule has 1 saturated heterocycles. The van der Waals surface area contributed by atoms with Crippen LogP contribution in [0.3, 0.4) is 0 Å². The Hall–Kier alpha value is -2.80. The molecule has 2 heterocycles. The fourth-order valence-electron chi connectivity index (χ4n) is 3.05. The van der Waals surface area contributed by atoms with E-state index in [1.54, 1.807) is 36.4 Å². The van der Waals surface area contributed by atoms with Gasteiger partial charge in [0.05, 0.1) is 25.1 Å². The van der Waals surface area contributed by atoms with Gasteiger partial charge in [-0.2, -0.15) is 0 Å². The molecule has 1 atom stereocenters. The highest BCUT2D eigenvalue weighted by Gasteiger charge is 2.24. The summed E-state index contributed by atoms with van der Waals surface area (Å²) in [6, 6.07) is 10.7. The average molecular weight is 385 g/mol. The number of rotatable bonds is 7. The van der Waals surface area contributed by atoms with Crippen LogP contribution in [0.15, 0.2) is 42.6 Å². The van der Waals surface area contributed by atoms with E-state index in [1.807, 2.05) is 18.2 Å². The molecule has 0 aliphatic carbocycles. The first-order chi connectivity index (χ1) is 13.7. The summed E-state index contributed by atoms with van der Waals surface area (Å²) < 4.78 is 16.7. The molecule has 1 aromatic heterocycles. The van der Waals surface area contributed by atoms with Crippen molar-refractivity contribution in [2.24, 2.45) is 0 Å². The number of ether oxygens (including phenoxy) is 3. The first-order valence-electron chi connectivity index (χ1n) is 9.63. The molecule has 0 saturated carbocycles. The summed E-state index contributed by atoms with van der Waals surface area (Å²) in [7, 11) is 1.61. The molecular weight excluding hydrogens is 358 g/mol. The van der Waals surface area contributed by atoms with Crippen LogP contribution in [-0.4, -0.2) is 48.8 Å². The van der Waals surface area contributed by atoms with E-state index in [-0.39, 0.29) is 12.1 Å². The van der Waals surface area contributed by atoms with E-state index in [2.05, 4.69) is 17.2 Å². The van der Waals surface area contributed by atoms with Crippen LogP contribution in [0.5, 0.6) is 17.4 Å². The van der Waals surface area contributed by atoms with Gasteiger partial charge in [0.2, 0.25) is 5.88 Å². The zero-order chi connectivity index (χ0) is 19.8. The Morgan fingerprint density at radius 2 is 2.14 bits per heavy atom. The van der Waals surface area contributed by atoms with Gasteiger partial charge in [-0.05, 0) is 37.5 Å². The van der Waals surface area contributed by atoms with Crippen molar-refractivity contribution in [3.8, 4) is 17.4 Å². The molecule has 0 radical (unpaired) electrons. The normalized spacial score (nSPS) is 16.5. The van der Waals surface area contributed by atoms with Crippen molar-refractivity contribution in [3.05, 3.63) is 42.6 Å². The molecule has 2 amide bonds. The Balaban J connectivity index is 1.54. The number of hydrogen-bond donors (Lipinski definition) is 1. The number of nitrogens with zero attached hydrogens (tertiary/aromatic N) is 2. The predicted octanol–water partition coefficient (Wildman–Crippen LogP) is 4.31. The van der Waals surface area contributed by atoms with Gasteiger partial charge in [0.1, 0.15) is 11.5 Å². The number of pyridine rings is 1. The molecule has 150 valence electrons. The first-order valence-corrected chi connectivity index (χ1v) is 9.63. The number of carbonyl (C=O) groups excluding carboxylic acids is 1. The van der Waals surface area contributed by atoms with Gasteiger partial charge in [0.15, 0.2) is 0 Å². The zero-order valence-electron chi connectivity index (χ0n) is 16.4. The first kappa shape index (κ1) is 19.9. The van der Waals surface area contributed by atoms with Crippen molar-refractivity contribution >= 4 is 11.7 Å². The third kappa shape index (κ3) is 5.60. The van der Waals surface area contributed by atoms with Gasteiger partial charge in [0, 0.05) is 31.8 Å². The highest BCUT2D eigenvalue weighted by Crippen LogP contribution is 2.24. The summed E-state index contributed by atoms with van der Waals surface area (Å²) in [6.07, 6.45) is 4.65. The maximum absolute atomic E-state index is 12.5. The second-order valence-corrected chi connectivity index (χ2v) is 6.68. The summed E-state index contributed by atoms with van der Waals surface area (Å²) >= 11 is 0. The minimum absolute atomic E-state index is 0.121. The number of methoxy groups -OCH3 is 1. The maximum atomic E-state index is 12.5. The van der Waals surface area contributed by atoms with E-state index in [0.717, 1.165) is 32.4 Å². The van der Waals surface area contributed by atoms with Crippen LogP contribution in [0, 0.1) is 0 Å². The quantitative estimate of drug-likeness (QED) is 0.769. The molecule has 1 N–H and O–H groups in total. The van der Waals surface area contributed by atoms with Crippen LogP contribution < -0.4 is 14.8 Å². The number of amides is 2. The molecule has 1 aliphatic heterocycles. The number of aromatic nitrogens is 1. The van der Waals surface area contributed by atoms with Crippen LogP contribution in [0.25, 0.3) is 0 Å². The number of benzene rings is 1. The molecule has 3 rings (SSSR count). The third-order valence-electron chi connectivity index (χ3n) is 4.47. The van der Waals surface area contributed by atoms with Crippen molar-refractivity contribution in [2.45, 2.75) is 32.3 Å². The van der Waals surface area contributed by atoms with Crippen LogP contribution in [0.2, 0.25) is 0 Å². The molecule has 2 aromatic rings. The highest BCUT2D eigenvalue weighted by atomic mass is 16.5. The van der Waals surface area contributed by atoms with E-state index in [9.17, 15) is 4.79 Å². The summed E-state index contributed by atoms with van der Waals surface area (Å²) in [5.41, 5.74) is 0.625. The van der Waals surface area contributed by atoms with E-state index >= 15 is 0 Å². The lowest BCUT2D eigenvalue weighted by molar-refractivity contribution is 0.0115. The lowest BCUT2D eigenvalue weighted by atomic mass is 10.1. The smallest absolute Gasteiger partial charge is 0.321 e. The predicted molar refractivity (Wildman–Crippen MR) is 107 cm³/mol. The van der Waals surface area contributed by atoms with E-state index in [1.165, 1.54) is 0 Å². The lowest BCUT2D eigenvalue weighted by Gasteiger charge is -2.32. The summed E-state index contributed by atoms with van der Waals surface area (Å²) in [6.45, 7) is 4.18. The van der Waals surface area contributed by atoms with E-state index in [4.69, 9.17) is 14.2 Å². The summed E-state index contributed by atoms with van der Waals surface area (Å²) in [5, 5.41) is 2.89. The lowest BCUT2D eigenvalue weighted by Crippen LogP contribution is -2.45. The number of hydrogen-bond acceptors (Lipinski definition) is 5. The standard InChI is InChI=1S/C21H27N3O4/c1-3-12-27-19-8-5-11-24(15-19)21(25)23-16-9-10-20(22-14-16)28-18-7-4-6-17(13-18)26-2/h4,6-7,9-10,13-14,19H,3,5,8,11-12,15H2,1-2H3,(H,23,25)/t19-/m0/s1. The molecule has 28 heavy (non-hydrogen) atoms. The second-order valence-electron chi connectivity index (χ2n) is 6.68. The minimum atomic E-state index is -0.131. The molecule has 1 aromatic carbocycles. The van der Waals surface area contributed by atoms with Crippen LogP contribution in [0.4, 0.5) is 10.5 Å². The molecule has 7 heteroatoms. The van der Waals surface area contributed by atoms with Gasteiger partial charge in [-0.25, -0.2) is 9.78 Å². The Kier molecular flexibility index (Phi) is 7.08. The van der Waals surface area contributed by atoms with Gasteiger partial charge in [0.25, 0.3) is 0 Å². The molecule has 0 spiro atoms. The van der Waals surface area contributed by atoms with Gasteiger partial charge < -0.3 is 24.4 Å². The molecular formula is C21H27N3O4. The van der Waals surface area contributed by atoms with Crippen molar-refractivity contribution in [3.63, 3.8) is 0 Å². The molecule has 7 nitrogen and oxygen atoms in total. The highest BCUT2D eigenvalue weighted by molar-refractivity contribution is 5.89. The molecule has 0 bridgehead atoms. The molecule has 0 unspecified atom stereocenters. The van der Waals surface area contributed by atoms with Gasteiger partial charge in [-0.1, -0.05) is 13.0 Å². The van der Waals surface area contributed by atoms with Gasteiger partial charge in [-0.3, -0.25) is 0 Å². The minimum Gasteiger partial charge on any atom is -0.497 e. The van der Waals surface area contributed by atoms with Crippen LogP contribution in [0.1, 0.15) is 26.2 Å². The van der Waals surface area contributed by atoms with Crippen molar-refractivity contribution < 1.29 is 19.0 Å². The Morgan fingerprint density at radius 3 is 2.89 bits per heavy atom. The third-order valence-corrected chi connectivity index (χ3v) is 4.47. The Labute approximate surface area is 165 Å². The number of urea groups is 1. The number of likely N-dealkylation sites (tertiary alicyclic amines) is 1. The second kappa shape index (κ2) is 9.94. The fraction of sp³-hybridized carbons (Fsp3) is 0.429. The molecule has 1 aliphatic rings. The van der Waals surface area contributed by atoms with E-state index in [0.29, 0.717) is 29.6 Å². The number of carbonyl (C=O) groups is 1. The maximum Gasteiger partial charge on any atom is 0.321 e. The SMILES string of the molecule is CCCO[C@H]1CCCN(C(=O)Nc2ccc(Oc3cccc(OC)c3)nc2)C1. The van der Waals surface area contributed by atoms with Crippen LogP contribution in [-0.2, 0) is 4.74 Å². The number of anilines is 1. The fourth-order valence-corrected chi connectivity index (χ4v) is 3.05. The Morgan fingerprint density at radius 1 is 1.29 bits per heavy atom. The monoisotopic (exact) mass is 385 g/mol. The topological polar surface area (TPSA) is 72.9 Å². The Bertz CT molecular complexity index is 767. The average Bonchev–Trinajstić information content (AvgIpc) is 2.74. The van der Waals surface area contributed by atoms with Crippen molar-refractivity contribution in [2.75, 3.05) is 32.1 Å².